The summed E-state index contributed by atoms with van der Waals surface area (Å²) >= 11 is 5.79. The van der Waals surface area contributed by atoms with E-state index in [4.69, 9.17) is 4.74 Å². The van der Waals surface area contributed by atoms with Crippen molar-refractivity contribution in [3.8, 4) is 16.9 Å². The largest absolute Gasteiger partial charge is 0.494 e. The Labute approximate surface area is 136 Å². The number of alkyl halides is 1. The van der Waals surface area contributed by atoms with Gasteiger partial charge >= 0.3 is 0 Å². The predicted octanol–water partition coefficient (Wildman–Crippen LogP) is 5.51. The first-order valence-corrected chi connectivity index (χ1v) is 8.55. The van der Waals surface area contributed by atoms with E-state index in [2.05, 4.69) is 74.9 Å². The van der Waals surface area contributed by atoms with Crippen molar-refractivity contribution in [1.82, 2.24) is 0 Å². The maximum atomic E-state index is 5.71. The zero-order chi connectivity index (χ0) is 13.5. The molecule has 0 aromatic heterocycles. The Morgan fingerprint density at radius 1 is 0.947 bits per heavy atom. The van der Waals surface area contributed by atoms with Crippen molar-refractivity contribution >= 4 is 38.5 Å². The lowest BCUT2D eigenvalue weighted by atomic mass is 10.1. The molecule has 1 nitrogen and oxygen atoms in total. The van der Waals surface area contributed by atoms with Gasteiger partial charge in [-0.2, -0.15) is 0 Å². The van der Waals surface area contributed by atoms with Crippen molar-refractivity contribution in [2.75, 3.05) is 11.9 Å². The molecule has 0 radical (unpaired) electrons. The third kappa shape index (κ3) is 4.49. The molecule has 2 rings (SSSR count). The monoisotopic (exact) mass is 430 g/mol. The van der Waals surface area contributed by atoms with E-state index in [1.807, 2.05) is 12.1 Å². The Morgan fingerprint density at radius 2 is 1.68 bits per heavy atom. The summed E-state index contributed by atoms with van der Waals surface area (Å²) in [5.41, 5.74) is 2.51. The van der Waals surface area contributed by atoms with Crippen molar-refractivity contribution in [3.63, 3.8) is 0 Å². The van der Waals surface area contributed by atoms with Crippen LogP contribution in [0.5, 0.6) is 5.75 Å². The minimum Gasteiger partial charge on any atom is -0.494 e. The van der Waals surface area contributed by atoms with E-state index < -0.39 is 0 Å². The van der Waals surface area contributed by atoms with E-state index in [9.17, 15) is 0 Å². The van der Waals surface area contributed by atoms with E-state index in [1.165, 1.54) is 14.7 Å². The SMILES string of the molecule is BrCCCCOc1ccc(-c2ccccc2I)cc1. The van der Waals surface area contributed by atoms with Crippen LogP contribution in [0.25, 0.3) is 11.1 Å². The average Bonchev–Trinajstić information content (AvgIpc) is 2.45. The highest BCUT2D eigenvalue weighted by atomic mass is 127. The van der Waals surface area contributed by atoms with Gasteiger partial charge in [0, 0.05) is 8.90 Å². The first-order chi connectivity index (χ1) is 9.31. The fraction of sp³-hybridized carbons (Fsp3) is 0.250. The van der Waals surface area contributed by atoms with Gasteiger partial charge in [-0.1, -0.05) is 46.3 Å². The Balaban J connectivity index is 2.01. The van der Waals surface area contributed by atoms with Crippen LogP contribution >= 0.6 is 38.5 Å². The molecule has 100 valence electrons. The molecular weight excluding hydrogens is 415 g/mol. The van der Waals surface area contributed by atoms with Crippen LogP contribution in [0.1, 0.15) is 12.8 Å². The average molecular weight is 431 g/mol. The molecule has 0 unspecified atom stereocenters. The number of rotatable bonds is 6. The van der Waals surface area contributed by atoms with Crippen LogP contribution in [-0.4, -0.2) is 11.9 Å². The number of ether oxygens (including phenoxy) is 1. The number of benzene rings is 2. The maximum absolute atomic E-state index is 5.71. The zero-order valence-corrected chi connectivity index (χ0v) is 14.4. The van der Waals surface area contributed by atoms with Gasteiger partial charge in [0.2, 0.25) is 0 Å². The van der Waals surface area contributed by atoms with Gasteiger partial charge < -0.3 is 4.74 Å². The molecule has 0 saturated heterocycles. The van der Waals surface area contributed by atoms with Gasteiger partial charge in [0.25, 0.3) is 0 Å². The lowest BCUT2D eigenvalue weighted by Gasteiger charge is -2.08. The summed E-state index contributed by atoms with van der Waals surface area (Å²) in [4.78, 5) is 0. The zero-order valence-electron chi connectivity index (χ0n) is 10.6. The van der Waals surface area contributed by atoms with Gasteiger partial charge in [0.15, 0.2) is 0 Å². The molecule has 0 spiro atoms. The Kier molecular flexibility index (Phi) is 6.17. The van der Waals surface area contributed by atoms with Crippen LogP contribution in [0.3, 0.4) is 0 Å². The van der Waals surface area contributed by atoms with Gasteiger partial charge in [0.1, 0.15) is 5.75 Å². The second kappa shape index (κ2) is 7.90. The second-order valence-corrected chi connectivity index (χ2v) is 6.20. The normalized spacial score (nSPS) is 10.4. The van der Waals surface area contributed by atoms with Gasteiger partial charge in [-0.05, 0) is 64.8 Å². The fourth-order valence-electron chi connectivity index (χ4n) is 1.81. The molecule has 0 atom stereocenters. The van der Waals surface area contributed by atoms with E-state index >= 15 is 0 Å². The molecular formula is C16H16BrIO. The fourth-order valence-corrected chi connectivity index (χ4v) is 2.91. The molecule has 3 heteroatoms. The molecule has 0 aliphatic carbocycles. The minimum absolute atomic E-state index is 0.786. The van der Waals surface area contributed by atoms with Crippen LogP contribution in [0, 0.1) is 3.57 Å². The summed E-state index contributed by atoms with van der Waals surface area (Å²) in [5, 5.41) is 1.04. The molecule has 0 heterocycles. The van der Waals surface area contributed by atoms with Crippen LogP contribution in [0.15, 0.2) is 48.5 Å². The number of hydrogen-bond donors (Lipinski definition) is 0. The Bertz CT molecular complexity index is 510. The third-order valence-electron chi connectivity index (χ3n) is 2.84. The molecule has 0 bridgehead atoms. The predicted molar refractivity (Wildman–Crippen MR) is 93.1 cm³/mol. The van der Waals surface area contributed by atoms with Crippen molar-refractivity contribution in [2.45, 2.75) is 12.8 Å². The first-order valence-electron chi connectivity index (χ1n) is 6.35. The van der Waals surface area contributed by atoms with Crippen molar-refractivity contribution in [2.24, 2.45) is 0 Å². The number of hydrogen-bond acceptors (Lipinski definition) is 1. The molecule has 0 fully saturated rings. The molecule has 2 aromatic carbocycles. The lowest BCUT2D eigenvalue weighted by Crippen LogP contribution is -1.97. The van der Waals surface area contributed by atoms with Crippen LogP contribution in [0.4, 0.5) is 0 Å². The summed E-state index contributed by atoms with van der Waals surface area (Å²) < 4.78 is 6.98. The summed E-state index contributed by atoms with van der Waals surface area (Å²) in [6.07, 6.45) is 2.24. The minimum atomic E-state index is 0.786. The van der Waals surface area contributed by atoms with Gasteiger partial charge in [-0.15, -0.1) is 0 Å². The summed E-state index contributed by atoms with van der Waals surface area (Å²) in [7, 11) is 0. The molecule has 19 heavy (non-hydrogen) atoms. The van der Waals surface area contributed by atoms with E-state index in [0.717, 1.165) is 30.5 Å². The van der Waals surface area contributed by atoms with Crippen molar-refractivity contribution < 1.29 is 4.74 Å². The Hall–Kier alpha value is -0.550. The molecule has 0 aliphatic rings. The van der Waals surface area contributed by atoms with E-state index in [0.29, 0.717) is 0 Å². The Morgan fingerprint density at radius 3 is 2.37 bits per heavy atom. The summed E-state index contributed by atoms with van der Waals surface area (Å²) in [6, 6.07) is 16.7. The maximum Gasteiger partial charge on any atom is 0.119 e. The first kappa shape index (κ1) is 14.9. The molecule has 0 aliphatic heterocycles. The quantitative estimate of drug-likeness (QED) is 0.333. The molecule has 0 amide bonds. The lowest BCUT2D eigenvalue weighted by molar-refractivity contribution is 0.310. The van der Waals surface area contributed by atoms with Crippen molar-refractivity contribution in [1.29, 1.82) is 0 Å². The standard InChI is InChI=1S/C16H16BrIO/c17-11-3-4-12-19-14-9-7-13(8-10-14)15-5-1-2-6-16(15)18/h1-2,5-10H,3-4,11-12H2. The van der Waals surface area contributed by atoms with Crippen molar-refractivity contribution in [3.05, 3.63) is 52.1 Å². The van der Waals surface area contributed by atoms with E-state index in [1.54, 1.807) is 0 Å². The summed E-state index contributed by atoms with van der Waals surface area (Å²) in [5.74, 6) is 0.948. The molecule has 0 saturated carbocycles. The van der Waals surface area contributed by atoms with E-state index in [-0.39, 0.29) is 0 Å². The third-order valence-corrected chi connectivity index (χ3v) is 4.34. The van der Waals surface area contributed by atoms with Gasteiger partial charge in [0.05, 0.1) is 6.61 Å². The topological polar surface area (TPSA) is 9.23 Å². The smallest absolute Gasteiger partial charge is 0.119 e. The number of halogens is 2. The highest BCUT2D eigenvalue weighted by Gasteiger charge is 2.02. The van der Waals surface area contributed by atoms with Crippen LogP contribution in [0.2, 0.25) is 0 Å². The second-order valence-electron chi connectivity index (χ2n) is 4.25. The van der Waals surface area contributed by atoms with Crippen LogP contribution in [-0.2, 0) is 0 Å². The highest BCUT2D eigenvalue weighted by molar-refractivity contribution is 14.1. The van der Waals surface area contributed by atoms with Crippen LogP contribution < -0.4 is 4.74 Å². The molecule has 2 aromatic rings. The number of unbranched alkanes of at least 4 members (excludes halogenated alkanes) is 1. The van der Waals surface area contributed by atoms with Gasteiger partial charge in [-0.25, -0.2) is 0 Å². The molecule has 0 N–H and O–H groups in total. The van der Waals surface area contributed by atoms with Gasteiger partial charge in [-0.3, -0.25) is 0 Å². The highest BCUT2D eigenvalue weighted by Crippen LogP contribution is 2.26. The summed E-state index contributed by atoms with van der Waals surface area (Å²) in [6.45, 7) is 0.786.